The Labute approximate surface area is 167 Å². The third-order valence-corrected chi connectivity index (χ3v) is 5.56. The number of carbonyl (C=O) groups excluding carboxylic acids is 2. The molecule has 0 aliphatic rings. The van der Waals surface area contributed by atoms with Gasteiger partial charge in [-0.05, 0) is 56.4 Å². The molecule has 2 aromatic rings. The van der Waals surface area contributed by atoms with E-state index in [-0.39, 0.29) is 15.5 Å². The van der Waals surface area contributed by atoms with Crippen LogP contribution in [0.25, 0.3) is 0 Å². The van der Waals surface area contributed by atoms with Crippen molar-refractivity contribution < 1.29 is 22.7 Å². The standard InChI is InChI=1S/C18H16ClN3O5S/c1-11(17(23)22-14-6-3-12(10-20)4-7-14)27-18(24)13-5-8-15(19)16(9-13)28(25,26)21-2/h3-9,11,21H,1-2H3,(H,22,23)/t11-/m1/s1. The Bertz CT molecular complexity index is 1050. The van der Waals surface area contributed by atoms with Gasteiger partial charge in [-0.3, -0.25) is 4.79 Å². The van der Waals surface area contributed by atoms with E-state index < -0.39 is 28.0 Å². The molecule has 0 spiro atoms. The summed E-state index contributed by atoms with van der Waals surface area (Å²) in [4.78, 5) is 24.2. The SMILES string of the molecule is CNS(=O)(=O)c1cc(C(=O)O[C@H](C)C(=O)Nc2ccc(C#N)cc2)ccc1Cl. The number of amides is 1. The van der Waals surface area contributed by atoms with E-state index in [1.807, 2.05) is 6.07 Å². The maximum atomic E-state index is 12.3. The van der Waals surface area contributed by atoms with Crippen molar-refractivity contribution in [1.82, 2.24) is 4.72 Å². The van der Waals surface area contributed by atoms with Gasteiger partial charge in [-0.2, -0.15) is 5.26 Å². The number of carbonyl (C=O) groups is 2. The molecule has 0 fully saturated rings. The molecule has 8 nitrogen and oxygen atoms in total. The molecule has 1 amide bonds. The highest BCUT2D eigenvalue weighted by Gasteiger charge is 2.22. The number of halogens is 1. The molecule has 0 aliphatic carbocycles. The lowest BCUT2D eigenvalue weighted by molar-refractivity contribution is -0.123. The highest BCUT2D eigenvalue weighted by molar-refractivity contribution is 7.89. The lowest BCUT2D eigenvalue weighted by Crippen LogP contribution is -2.30. The third kappa shape index (κ3) is 5.07. The second kappa shape index (κ2) is 8.84. The topological polar surface area (TPSA) is 125 Å². The van der Waals surface area contributed by atoms with Crippen molar-refractivity contribution >= 4 is 39.2 Å². The Morgan fingerprint density at radius 3 is 2.39 bits per heavy atom. The number of sulfonamides is 1. The van der Waals surface area contributed by atoms with Crippen molar-refractivity contribution in [2.75, 3.05) is 12.4 Å². The van der Waals surface area contributed by atoms with Crippen LogP contribution in [0, 0.1) is 11.3 Å². The molecule has 0 unspecified atom stereocenters. The average molecular weight is 422 g/mol. The van der Waals surface area contributed by atoms with Gasteiger partial charge in [-0.25, -0.2) is 17.9 Å². The maximum Gasteiger partial charge on any atom is 0.338 e. The summed E-state index contributed by atoms with van der Waals surface area (Å²) in [7, 11) is -2.65. The summed E-state index contributed by atoms with van der Waals surface area (Å²) in [6, 6.07) is 11.7. The predicted octanol–water partition coefficient (Wildman–Crippen LogP) is 2.30. The van der Waals surface area contributed by atoms with Gasteiger partial charge in [0.2, 0.25) is 10.0 Å². The van der Waals surface area contributed by atoms with Gasteiger partial charge in [0.15, 0.2) is 6.10 Å². The van der Waals surface area contributed by atoms with Crippen LogP contribution in [-0.2, 0) is 19.6 Å². The van der Waals surface area contributed by atoms with Gasteiger partial charge in [-0.15, -0.1) is 0 Å². The molecular formula is C18H16ClN3O5S. The molecule has 10 heteroatoms. The first-order chi connectivity index (χ1) is 13.2. The summed E-state index contributed by atoms with van der Waals surface area (Å²) >= 11 is 5.88. The molecule has 0 radical (unpaired) electrons. The molecule has 0 bridgehead atoms. The summed E-state index contributed by atoms with van der Waals surface area (Å²) < 4.78 is 31.1. The van der Waals surface area contributed by atoms with Crippen molar-refractivity contribution in [1.29, 1.82) is 5.26 Å². The number of nitrogens with zero attached hydrogens (tertiary/aromatic N) is 1. The number of hydrogen-bond acceptors (Lipinski definition) is 6. The van der Waals surface area contributed by atoms with Crippen molar-refractivity contribution in [3.63, 3.8) is 0 Å². The Kier molecular flexibility index (Phi) is 6.75. The zero-order valence-corrected chi connectivity index (χ0v) is 16.5. The van der Waals surface area contributed by atoms with Crippen LogP contribution < -0.4 is 10.0 Å². The van der Waals surface area contributed by atoms with E-state index in [0.29, 0.717) is 11.3 Å². The van der Waals surface area contributed by atoms with Crippen molar-refractivity contribution in [2.45, 2.75) is 17.9 Å². The lowest BCUT2D eigenvalue weighted by atomic mass is 10.2. The molecule has 2 aromatic carbocycles. The average Bonchev–Trinajstić information content (AvgIpc) is 2.68. The van der Waals surface area contributed by atoms with Crippen LogP contribution in [0.3, 0.4) is 0 Å². The third-order valence-electron chi connectivity index (χ3n) is 3.66. The molecule has 146 valence electrons. The zero-order valence-electron chi connectivity index (χ0n) is 14.9. The van der Waals surface area contributed by atoms with Crippen molar-refractivity contribution in [2.24, 2.45) is 0 Å². The van der Waals surface area contributed by atoms with E-state index in [2.05, 4.69) is 10.0 Å². The molecule has 2 rings (SSSR count). The normalized spacial score (nSPS) is 11.9. The second-order valence-corrected chi connectivity index (χ2v) is 7.84. The first-order valence-corrected chi connectivity index (χ1v) is 9.79. The van der Waals surface area contributed by atoms with E-state index in [4.69, 9.17) is 21.6 Å². The number of nitriles is 1. The number of ether oxygens (including phenoxy) is 1. The summed E-state index contributed by atoms with van der Waals surface area (Å²) in [5, 5.41) is 11.3. The first-order valence-electron chi connectivity index (χ1n) is 7.93. The summed E-state index contributed by atoms with van der Waals surface area (Å²) in [5.41, 5.74) is 0.796. The van der Waals surface area contributed by atoms with Gasteiger partial charge in [0.1, 0.15) is 4.90 Å². The minimum atomic E-state index is -3.87. The molecule has 1 atom stereocenters. The van der Waals surface area contributed by atoms with Crippen LogP contribution in [0.2, 0.25) is 5.02 Å². The Morgan fingerprint density at radius 1 is 1.18 bits per heavy atom. The van der Waals surface area contributed by atoms with E-state index in [1.165, 1.54) is 38.2 Å². The van der Waals surface area contributed by atoms with Gasteiger partial charge < -0.3 is 10.1 Å². The highest BCUT2D eigenvalue weighted by Crippen LogP contribution is 2.23. The molecule has 2 N–H and O–H groups in total. The highest BCUT2D eigenvalue weighted by atomic mass is 35.5. The fourth-order valence-electron chi connectivity index (χ4n) is 2.10. The lowest BCUT2D eigenvalue weighted by Gasteiger charge is -2.14. The van der Waals surface area contributed by atoms with E-state index in [0.717, 1.165) is 6.07 Å². The van der Waals surface area contributed by atoms with Gasteiger partial charge >= 0.3 is 5.97 Å². The number of anilines is 1. The Morgan fingerprint density at radius 2 is 1.82 bits per heavy atom. The number of benzene rings is 2. The van der Waals surface area contributed by atoms with Crippen LogP contribution in [0.1, 0.15) is 22.8 Å². The molecule has 28 heavy (non-hydrogen) atoms. The van der Waals surface area contributed by atoms with Crippen LogP contribution in [0.15, 0.2) is 47.4 Å². The van der Waals surface area contributed by atoms with Gasteiger partial charge in [-0.1, -0.05) is 11.6 Å². The number of esters is 1. The quantitative estimate of drug-likeness (QED) is 0.689. The fraction of sp³-hybridized carbons (Fsp3) is 0.167. The molecule has 0 saturated carbocycles. The Balaban J connectivity index is 2.10. The van der Waals surface area contributed by atoms with Gasteiger partial charge in [0.25, 0.3) is 5.91 Å². The second-order valence-electron chi connectivity index (χ2n) is 5.58. The molecule has 0 aliphatic heterocycles. The van der Waals surface area contributed by atoms with E-state index >= 15 is 0 Å². The molecular weight excluding hydrogens is 406 g/mol. The van der Waals surface area contributed by atoms with E-state index in [9.17, 15) is 18.0 Å². The predicted molar refractivity (Wildman–Crippen MR) is 102 cm³/mol. The molecule has 0 saturated heterocycles. The van der Waals surface area contributed by atoms with Gasteiger partial charge in [0, 0.05) is 5.69 Å². The minimum absolute atomic E-state index is 0.0579. The smallest absolute Gasteiger partial charge is 0.338 e. The summed E-state index contributed by atoms with van der Waals surface area (Å²) in [5.74, 6) is -1.47. The van der Waals surface area contributed by atoms with Crippen LogP contribution in [0.5, 0.6) is 0 Å². The van der Waals surface area contributed by atoms with Crippen molar-refractivity contribution in [3.8, 4) is 6.07 Å². The summed E-state index contributed by atoms with van der Waals surface area (Å²) in [6.45, 7) is 1.37. The van der Waals surface area contributed by atoms with Gasteiger partial charge in [0.05, 0.1) is 22.2 Å². The molecule has 0 heterocycles. The zero-order chi connectivity index (χ0) is 20.9. The summed E-state index contributed by atoms with van der Waals surface area (Å²) in [6.07, 6.45) is -1.15. The minimum Gasteiger partial charge on any atom is -0.449 e. The fourth-order valence-corrected chi connectivity index (χ4v) is 3.35. The first kappa shape index (κ1) is 21.4. The van der Waals surface area contributed by atoms with Crippen molar-refractivity contribution in [3.05, 3.63) is 58.6 Å². The van der Waals surface area contributed by atoms with Crippen LogP contribution >= 0.6 is 11.6 Å². The molecule has 0 aromatic heterocycles. The number of hydrogen-bond donors (Lipinski definition) is 2. The largest absolute Gasteiger partial charge is 0.449 e. The number of rotatable bonds is 6. The van der Waals surface area contributed by atoms with E-state index in [1.54, 1.807) is 12.1 Å². The monoisotopic (exact) mass is 421 g/mol. The Hall–Kier alpha value is -2.93. The maximum absolute atomic E-state index is 12.3. The van der Waals surface area contributed by atoms with Crippen LogP contribution in [0.4, 0.5) is 5.69 Å². The number of nitrogens with one attached hydrogen (secondary N) is 2. The van der Waals surface area contributed by atoms with Crippen LogP contribution in [-0.4, -0.2) is 33.4 Å².